The molecule has 0 unspecified atom stereocenters. The fourth-order valence-electron chi connectivity index (χ4n) is 11.2. The molecule has 0 aromatic carbocycles. The Morgan fingerprint density at radius 3 is 1.74 bits per heavy atom. The van der Waals surface area contributed by atoms with E-state index in [-0.39, 0.29) is 11.1 Å². The van der Waals surface area contributed by atoms with Crippen molar-refractivity contribution in [3.05, 3.63) is 0 Å². The Morgan fingerprint density at radius 2 is 1.30 bits per heavy atom. The number of nitrogens with zero attached hydrogens (tertiary/aromatic N) is 2. The zero-order valence-corrected chi connectivity index (χ0v) is 26.8. The van der Waals surface area contributed by atoms with E-state index in [1.54, 1.807) is 6.21 Å². The van der Waals surface area contributed by atoms with E-state index in [2.05, 4.69) is 0 Å². The van der Waals surface area contributed by atoms with E-state index in [0.717, 1.165) is 45.4 Å². The summed E-state index contributed by atoms with van der Waals surface area (Å²) in [6, 6.07) is 0. The molecule has 8 atom stereocenters. The predicted octanol–water partition coefficient (Wildman–Crippen LogP) is 1.52. The van der Waals surface area contributed by atoms with Crippen LogP contribution in [0.5, 0.6) is 0 Å². The van der Waals surface area contributed by atoms with Gasteiger partial charge in [-0.15, -0.1) is 0 Å². The molecule has 8 aliphatic carbocycles. The minimum Gasteiger partial charge on any atom is -0.457 e. The van der Waals surface area contributed by atoms with Gasteiger partial charge < -0.3 is 44.5 Å². The normalized spacial score (nSPS) is 47.9. The van der Waals surface area contributed by atoms with Gasteiger partial charge in [0.2, 0.25) is 0 Å². The third kappa shape index (κ3) is 6.70. The smallest absolute Gasteiger partial charge is 0.303 e. The molecule has 9 rings (SSSR count). The van der Waals surface area contributed by atoms with Crippen LogP contribution in [0.25, 0.3) is 0 Å². The van der Waals surface area contributed by atoms with E-state index in [0.29, 0.717) is 35.5 Å². The highest BCUT2D eigenvalue weighted by Crippen LogP contribution is 2.58. The zero-order valence-electron chi connectivity index (χ0n) is 26.8. The van der Waals surface area contributed by atoms with Crippen molar-refractivity contribution in [2.24, 2.45) is 45.5 Å². The van der Waals surface area contributed by atoms with Gasteiger partial charge in [0, 0.05) is 13.1 Å². The van der Waals surface area contributed by atoms with E-state index in [4.69, 9.17) is 28.9 Å². The van der Waals surface area contributed by atoms with Crippen LogP contribution in [-0.4, -0.2) is 117 Å². The molecule has 0 aromatic rings. The zero-order chi connectivity index (χ0) is 32.2. The second-order valence-corrected chi connectivity index (χ2v) is 16.0. The molecule has 1 saturated heterocycles. The van der Waals surface area contributed by atoms with E-state index in [1.807, 2.05) is 0 Å². The van der Waals surface area contributed by atoms with Crippen LogP contribution in [0.1, 0.15) is 84.0 Å². The van der Waals surface area contributed by atoms with Gasteiger partial charge in [-0.25, -0.2) is 0 Å². The third-order valence-electron chi connectivity index (χ3n) is 12.3. The van der Waals surface area contributed by atoms with Gasteiger partial charge in [0.15, 0.2) is 18.7 Å². The van der Waals surface area contributed by atoms with Crippen molar-refractivity contribution >= 4 is 18.4 Å². The Balaban J connectivity index is 1.10. The van der Waals surface area contributed by atoms with Crippen molar-refractivity contribution in [3.63, 3.8) is 0 Å². The van der Waals surface area contributed by atoms with Gasteiger partial charge in [-0.05, 0) is 113 Å². The summed E-state index contributed by atoms with van der Waals surface area (Å²) in [5, 5.41) is 53.1. The van der Waals surface area contributed by atoms with Crippen LogP contribution in [0.15, 0.2) is 9.98 Å². The monoisotopic (exact) mass is 648 g/mol. The average Bonchev–Trinajstić information content (AvgIpc) is 2.99. The Bertz CT molecular complexity index is 1090. The summed E-state index contributed by atoms with van der Waals surface area (Å²) in [5.74, 6) is 3.32. The number of aliphatic hydroxyl groups is 5. The molecule has 12 nitrogen and oxygen atoms in total. The van der Waals surface area contributed by atoms with Crippen molar-refractivity contribution in [1.82, 2.24) is 0 Å². The van der Waals surface area contributed by atoms with Crippen LogP contribution < -0.4 is 0 Å². The Kier molecular flexibility index (Phi) is 9.38. The van der Waals surface area contributed by atoms with Crippen LogP contribution in [-0.2, 0) is 23.7 Å². The summed E-state index contributed by atoms with van der Waals surface area (Å²) in [6.07, 6.45) is 5.91. The van der Waals surface area contributed by atoms with Gasteiger partial charge in [0.05, 0.1) is 30.5 Å². The van der Waals surface area contributed by atoms with Gasteiger partial charge in [0.25, 0.3) is 0 Å². The summed E-state index contributed by atoms with van der Waals surface area (Å²) in [6.45, 7) is 0.000680. The van der Waals surface area contributed by atoms with Crippen molar-refractivity contribution in [2.75, 3.05) is 13.2 Å². The summed E-state index contributed by atoms with van der Waals surface area (Å²) < 4.78 is 23.1. The number of carbonyl (C=O) groups is 1. The molecule has 0 amide bonds. The Hall–Kier alpha value is -1.51. The van der Waals surface area contributed by atoms with Crippen LogP contribution in [0.3, 0.4) is 0 Å². The van der Waals surface area contributed by atoms with Gasteiger partial charge >= 0.3 is 5.97 Å². The Morgan fingerprint density at radius 1 is 0.826 bits per heavy atom. The summed E-state index contributed by atoms with van der Waals surface area (Å²) >= 11 is 0. The van der Waals surface area contributed by atoms with Crippen LogP contribution in [0.2, 0.25) is 0 Å². The summed E-state index contributed by atoms with van der Waals surface area (Å²) in [7, 11) is 0. The molecule has 9 aliphatic rings. The first kappa shape index (κ1) is 33.0. The molecule has 12 heteroatoms. The van der Waals surface area contributed by atoms with Crippen molar-refractivity contribution < 1.29 is 49.3 Å². The first-order valence-corrected chi connectivity index (χ1v) is 17.5. The molecular weight excluding hydrogens is 596 g/mol. The lowest BCUT2D eigenvalue weighted by molar-refractivity contribution is -0.315. The van der Waals surface area contributed by atoms with Crippen LogP contribution >= 0.6 is 0 Å². The number of rotatable bonds is 12. The minimum absolute atomic E-state index is 0.157. The maximum Gasteiger partial charge on any atom is 0.303 e. The molecule has 5 N–H and O–H groups in total. The molecule has 0 radical (unpaired) electrons. The van der Waals surface area contributed by atoms with Gasteiger partial charge in [-0.1, -0.05) is 0 Å². The van der Waals surface area contributed by atoms with E-state index in [1.165, 1.54) is 44.7 Å². The summed E-state index contributed by atoms with van der Waals surface area (Å²) in [5.41, 5.74) is -0.388. The van der Waals surface area contributed by atoms with Crippen LogP contribution in [0.4, 0.5) is 0 Å². The maximum atomic E-state index is 11.8. The highest BCUT2D eigenvalue weighted by molar-refractivity contribution is 5.66. The first-order valence-electron chi connectivity index (χ1n) is 17.5. The van der Waals surface area contributed by atoms with E-state index >= 15 is 0 Å². The first-order chi connectivity index (χ1) is 22.0. The fourth-order valence-corrected chi connectivity index (χ4v) is 11.2. The molecule has 46 heavy (non-hydrogen) atoms. The second-order valence-electron chi connectivity index (χ2n) is 16.0. The standard InChI is InChI=1S/C34H52N2O10/c1-18(39)43-31-29(41)27(17-38)46-32(30(31)42)45-25(14-35-33-8-19-2-20(9-33)4-21(3-19)10-33)26(16-37)44-28(40)15-36-34-11-22-5-23(12-34)7-24(6-22)13-34/h14-15,19-32,37-38,40-42H,2-13,16-17H2,1H3/t19?,20?,21?,22?,23?,24?,25-,26-,27+,28-,29+,30+,31-,32+,33?,34?/m1/s1. The molecule has 1 aliphatic heterocycles. The number of aliphatic imine (C=N–C) groups is 2. The molecular formula is C34H52N2O10. The maximum absolute atomic E-state index is 11.8. The van der Waals surface area contributed by atoms with Gasteiger partial charge in [0.1, 0.15) is 30.5 Å². The number of aliphatic hydroxyl groups excluding tert-OH is 5. The highest BCUT2D eigenvalue weighted by Gasteiger charge is 2.53. The molecule has 0 spiro atoms. The molecule has 1 heterocycles. The lowest BCUT2D eigenvalue weighted by Crippen LogP contribution is -2.61. The molecule has 8 bridgehead atoms. The van der Waals surface area contributed by atoms with Crippen molar-refractivity contribution in [1.29, 1.82) is 0 Å². The predicted molar refractivity (Wildman–Crippen MR) is 165 cm³/mol. The lowest BCUT2D eigenvalue weighted by atomic mass is 9.53. The van der Waals surface area contributed by atoms with Gasteiger partial charge in [-0.2, -0.15) is 0 Å². The summed E-state index contributed by atoms with van der Waals surface area (Å²) in [4.78, 5) is 21.8. The SMILES string of the molecule is CC(=O)O[C@H]1[C@H](O)[C@@H](O[C@H](C=NC23CC4CC(CC(C4)C2)C3)[C@@H](CO)O[C@@H](O)C=NC23CC4CC(CC(C4)C2)C3)O[C@@H](CO)[C@@H]1O. The number of carbonyl (C=O) groups excluding carboxylic acids is 1. The molecule has 0 aromatic heterocycles. The Labute approximate surface area is 270 Å². The topological polar surface area (TPSA) is 180 Å². The largest absolute Gasteiger partial charge is 0.457 e. The van der Waals surface area contributed by atoms with Crippen LogP contribution in [0, 0.1) is 35.5 Å². The molecule has 8 saturated carbocycles. The van der Waals surface area contributed by atoms with E-state index < -0.39 is 68.4 Å². The minimum atomic E-state index is -1.61. The average molecular weight is 649 g/mol. The van der Waals surface area contributed by atoms with Crippen molar-refractivity contribution in [3.8, 4) is 0 Å². The third-order valence-corrected chi connectivity index (χ3v) is 12.3. The van der Waals surface area contributed by atoms with Crippen molar-refractivity contribution in [2.45, 2.75) is 144 Å². The fraction of sp³-hybridized carbons (Fsp3) is 0.912. The highest BCUT2D eigenvalue weighted by atomic mass is 16.7. The molecule has 258 valence electrons. The van der Waals surface area contributed by atoms with Gasteiger partial charge in [-0.3, -0.25) is 14.8 Å². The number of hydrogen-bond donors (Lipinski definition) is 5. The molecule has 9 fully saturated rings. The van der Waals surface area contributed by atoms with E-state index in [9.17, 15) is 30.3 Å². The number of esters is 1. The number of ether oxygens (including phenoxy) is 4. The number of hydrogen-bond acceptors (Lipinski definition) is 12. The second kappa shape index (κ2) is 13.1. The quantitative estimate of drug-likeness (QED) is 0.118. The lowest BCUT2D eigenvalue weighted by Gasteiger charge is -2.55.